The van der Waals surface area contributed by atoms with E-state index in [1.807, 2.05) is 11.8 Å². The van der Waals surface area contributed by atoms with Gasteiger partial charge in [0.25, 0.3) is 5.91 Å². The monoisotopic (exact) mass is 299 g/mol. The van der Waals surface area contributed by atoms with Crippen molar-refractivity contribution in [2.75, 3.05) is 25.7 Å². The maximum absolute atomic E-state index is 13.7. The molecule has 1 aromatic rings. The molecule has 0 aliphatic rings. The number of carbonyl (C=O) groups excluding carboxylic acids is 1. The lowest BCUT2D eigenvalue weighted by molar-refractivity contribution is 0.0949. The molecule has 0 atom stereocenters. The van der Waals surface area contributed by atoms with Gasteiger partial charge in [-0.3, -0.25) is 4.79 Å². The Labute approximate surface area is 124 Å². The van der Waals surface area contributed by atoms with Gasteiger partial charge in [0.15, 0.2) is 0 Å². The normalized spacial score (nSPS) is 10.3. The molecule has 1 amide bonds. The van der Waals surface area contributed by atoms with Gasteiger partial charge in [0.1, 0.15) is 11.6 Å². The van der Waals surface area contributed by atoms with Crippen molar-refractivity contribution in [3.63, 3.8) is 0 Å². The van der Waals surface area contributed by atoms with Crippen molar-refractivity contribution in [2.45, 2.75) is 25.7 Å². The number of hydrogen-bond acceptors (Lipinski definition) is 3. The van der Waals surface area contributed by atoms with Gasteiger partial charge in [-0.25, -0.2) is 4.39 Å². The Hall–Kier alpha value is -1.23. The molecule has 0 saturated heterocycles. The SMILES string of the molecule is COc1ccc(C(=O)NCCCCCCSC)c(F)c1. The van der Waals surface area contributed by atoms with E-state index in [2.05, 4.69) is 11.6 Å². The molecule has 0 saturated carbocycles. The van der Waals surface area contributed by atoms with Crippen LogP contribution in [0.5, 0.6) is 5.75 Å². The zero-order valence-electron chi connectivity index (χ0n) is 12.1. The Morgan fingerprint density at radius 2 is 2.05 bits per heavy atom. The van der Waals surface area contributed by atoms with Gasteiger partial charge in [0.05, 0.1) is 12.7 Å². The van der Waals surface area contributed by atoms with Gasteiger partial charge in [-0.2, -0.15) is 11.8 Å². The van der Waals surface area contributed by atoms with Gasteiger partial charge in [-0.15, -0.1) is 0 Å². The molecule has 0 spiro atoms. The molecule has 0 aromatic heterocycles. The summed E-state index contributed by atoms with van der Waals surface area (Å²) in [7, 11) is 1.46. The molecule has 0 bridgehead atoms. The number of thioether (sulfide) groups is 1. The topological polar surface area (TPSA) is 38.3 Å². The summed E-state index contributed by atoms with van der Waals surface area (Å²) in [4.78, 5) is 11.8. The van der Waals surface area contributed by atoms with Crippen LogP contribution in [-0.4, -0.2) is 31.6 Å². The van der Waals surface area contributed by atoms with Gasteiger partial charge in [0.2, 0.25) is 0 Å². The molecule has 0 fully saturated rings. The molecule has 20 heavy (non-hydrogen) atoms. The quantitative estimate of drug-likeness (QED) is 0.709. The number of amides is 1. The van der Waals surface area contributed by atoms with Crippen molar-refractivity contribution in [3.05, 3.63) is 29.6 Å². The minimum atomic E-state index is -0.554. The zero-order valence-corrected chi connectivity index (χ0v) is 12.9. The number of hydrogen-bond donors (Lipinski definition) is 1. The summed E-state index contributed by atoms with van der Waals surface area (Å²) < 4.78 is 18.6. The highest BCUT2D eigenvalue weighted by molar-refractivity contribution is 7.98. The Morgan fingerprint density at radius 1 is 1.30 bits per heavy atom. The van der Waals surface area contributed by atoms with E-state index in [4.69, 9.17) is 4.74 Å². The summed E-state index contributed by atoms with van der Waals surface area (Å²) in [6, 6.07) is 4.25. The minimum absolute atomic E-state index is 0.0631. The Balaban J connectivity index is 2.29. The predicted molar refractivity (Wildman–Crippen MR) is 82.1 cm³/mol. The second-order valence-corrected chi connectivity index (χ2v) is 5.49. The third-order valence-corrected chi connectivity index (χ3v) is 3.68. The number of methoxy groups -OCH3 is 1. The first-order valence-corrected chi connectivity index (χ1v) is 8.19. The number of benzene rings is 1. The molecule has 1 N–H and O–H groups in total. The van der Waals surface area contributed by atoms with E-state index in [0.717, 1.165) is 12.8 Å². The van der Waals surface area contributed by atoms with Crippen LogP contribution >= 0.6 is 11.8 Å². The van der Waals surface area contributed by atoms with Crippen LogP contribution in [0.2, 0.25) is 0 Å². The fourth-order valence-corrected chi connectivity index (χ4v) is 2.32. The fraction of sp³-hybridized carbons (Fsp3) is 0.533. The number of rotatable bonds is 9. The van der Waals surface area contributed by atoms with Gasteiger partial charge >= 0.3 is 0 Å². The van der Waals surface area contributed by atoms with E-state index >= 15 is 0 Å². The maximum atomic E-state index is 13.7. The smallest absolute Gasteiger partial charge is 0.254 e. The van der Waals surface area contributed by atoms with Crippen molar-refractivity contribution in [2.24, 2.45) is 0 Å². The third kappa shape index (κ3) is 5.82. The first-order valence-electron chi connectivity index (χ1n) is 6.79. The van der Waals surface area contributed by atoms with Crippen LogP contribution < -0.4 is 10.1 Å². The summed E-state index contributed by atoms with van der Waals surface area (Å²) in [6.45, 7) is 0.587. The van der Waals surface area contributed by atoms with Gasteiger partial charge in [-0.05, 0) is 37.0 Å². The molecular formula is C15H22FNO2S. The Bertz CT molecular complexity index is 426. The minimum Gasteiger partial charge on any atom is -0.497 e. The van der Waals surface area contributed by atoms with E-state index < -0.39 is 5.82 Å². The van der Waals surface area contributed by atoms with Crippen LogP contribution in [0, 0.1) is 5.82 Å². The molecule has 3 nitrogen and oxygen atoms in total. The second kappa shape index (κ2) is 9.64. The molecule has 0 heterocycles. The first kappa shape index (κ1) is 16.8. The van der Waals surface area contributed by atoms with Crippen LogP contribution in [0.4, 0.5) is 4.39 Å². The molecule has 0 aliphatic carbocycles. The highest BCUT2D eigenvalue weighted by Crippen LogP contribution is 2.16. The van der Waals surface area contributed by atoms with Gasteiger partial charge in [0, 0.05) is 12.6 Å². The summed E-state index contributed by atoms with van der Waals surface area (Å²) >= 11 is 1.85. The second-order valence-electron chi connectivity index (χ2n) is 4.51. The van der Waals surface area contributed by atoms with E-state index in [1.54, 1.807) is 6.07 Å². The molecule has 0 aliphatic heterocycles. The van der Waals surface area contributed by atoms with Crippen LogP contribution in [0.25, 0.3) is 0 Å². The molecular weight excluding hydrogens is 277 g/mol. The lowest BCUT2D eigenvalue weighted by Crippen LogP contribution is -2.25. The Morgan fingerprint density at radius 3 is 2.70 bits per heavy atom. The lowest BCUT2D eigenvalue weighted by atomic mass is 10.1. The van der Waals surface area contributed by atoms with E-state index in [9.17, 15) is 9.18 Å². The summed E-state index contributed by atoms with van der Waals surface area (Å²) in [5, 5.41) is 2.74. The standard InChI is InChI=1S/C15H22FNO2S/c1-19-12-7-8-13(14(16)11-12)15(18)17-9-5-3-4-6-10-20-2/h7-8,11H,3-6,9-10H2,1-2H3,(H,17,18). The highest BCUT2D eigenvalue weighted by atomic mass is 32.2. The average Bonchev–Trinajstić information content (AvgIpc) is 2.45. The van der Waals surface area contributed by atoms with E-state index in [1.165, 1.54) is 37.8 Å². The summed E-state index contributed by atoms with van der Waals surface area (Å²) in [6.07, 6.45) is 6.50. The van der Waals surface area contributed by atoms with Crippen LogP contribution in [0.1, 0.15) is 36.0 Å². The predicted octanol–water partition coefficient (Wildman–Crippen LogP) is 3.49. The first-order chi connectivity index (χ1) is 9.69. The largest absolute Gasteiger partial charge is 0.497 e. The van der Waals surface area contributed by atoms with Crippen molar-refractivity contribution in [1.29, 1.82) is 0 Å². The number of unbranched alkanes of at least 4 members (excludes halogenated alkanes) is 3. The summed E-state index contributed by atoms with van der Waals surface area (Å²) in [5.74, 6) is 0.674. The molecule has 112 valence electrons. The van der Waals surface area contributed by atoms with Crippen molar-refractivity contribution in [3.8, 4) is 5.75 Å². The molecule has 1 aromatic carbocycles. The maximum Gasteiger partial charge on any atom is 0.254 e. The number of ether oxygens (including phenoxy) is 1. The number of halogens is 1. The number of nitrogens with one attached hydrogen (secondary N) is 1. The average molecular weight is 299 g/mol. The third-order valence-electron chi connectivity index (χ3n) is 2.98. The van der Waals surface area contributed by atoms with Crippen LogP contribution in [0.15, 0.2) is 18.2 Å². The zero-order chi connectivity index (χ0) is 14.8. The molecule has 0 unspecified atom stereocenters. The van der Waals surface area contributed by atoms with Crippen molar-refractivity contribution < 1.29 is 13.9 Å². The van der Waals surface area contributed by atoms with E-state index in [0.29, 0.717) is 12.3 Å². The lowest BCUT2D eigenvalue weighted by Gasteiger charge is -2.07. The van der Waals surface area contributed by atoms with Gasteiger partial charge < -0.3 is 10.1 Å². The fourth-order valence-electron chi connectivity index (χ4n) is 1.83. The van der Waals surface area contributed by atoms with Crippen molar-refractivity contribution in [1.82, 2.24) is 5.32 Å². The van der Waals surface area contributed by atoms with E-state index in [-0.39, 0.29) is 11.5 Å². The molecule has 0 radical (unpaired) electrons. The highest BCUT2D eigenvalue weighted by Gasteiger charge is 2.11. The molecule has 5 heteroatoms. The summed E-state index contributed by atoms with van der Waals surface area (Å²) in [5.41, 5.74) is 0.0631. The van der Waals surface area contributed by atoms with Crippen LogP contribution in [0.3, 0.4) is 0 Å². The van der Waals surface area contributed by atoms with Gasteiger partial charge in [-0.1, -0.05) is 12.8 Å². The Kier molecular flexibility index (Phi) is 8.11. The number of carbonyl (C=O) groups is 1. The van der Waals surface area contributed by atoms with Crippen LogP contribution in [-0.2, 0) is 0 Å². The molecule has 1 rings (SSSR count). The van der Waals surface area contributed by atoms with Crippen molar-refractivity contribution >= 4 is 17.7 Å².